The molecule has 1 amide bonds. The summed E-state index contributed by atoms with van der Waals surface area (Å²) in [5, 5.41) is 0. The number of nitrogens with two attached hydrogens (primary N) is 1. The summed E-state index contributed by atoms with van der Waals surface area (Å²) < 4.78 is 26.3. The third-order valence-electron chi connectivity index (χ3n) is 3.10. The molecule has 0 bridgehead atoms. The van der Waals surface area contributed by atoms with E-state index in [0.717, 1.165) is 0 Å². The topological polar surface area (TPSA) is 87.0 Å². The van der Waals surface area contributed by atoms with E-state index in [9.17, 15) is 13.2 Å². The van der Waals surface area contributed by atoms with E-state index in [1.807, 2.05) is 6.92 Å². The maximum Gasteiger partial charge on any atom is 0.281 e. The van der Waals surface area contributed by atoms with E-state index in [4.69, 9.17) is 5.73 Å². The number of piperazine rings is 1. The van der Waals surface area contributed by atoms with Crippen LogP contribution >= 0.6 is 0 Å². The quantitative estimate of drug-likeness (QED) is 0.690. The molecule has 0 aromatic heterocycles. The Bertz CT molecular complexity index is 388. The van der Waals surface area contributed by atoms with Crippen LogP contribution in [0.3, 0.4) is 0 Å². The van der Waals surface area contributed by atoms with Gasteiger partial charge in [-0.1, -0.05) is 6.92 Å². The molecule has 1 rings (SSSR count). The van der Waals surface area contributed by atoms with Gasteiger partial charge in [0, 0.05) is 40.3 Å². The minimum atomic E-state index is -3.38. The van der Waals surface area contributed by atoms with Crippen molar-refractivity contribution < 1.29 is 13.2 Å². The highest BCUT2D eigenvalue weighted by atomic mass is 32.2. The summed E-state index contributed by atoms with van der Waals surface area (Å²) in [6.07, 6.45) is 0.592. The predicted molar refractivity (Wildman–Crippen MR) is 69.0 cm³/mol. The van der Waals surface area contributed by atoms with Crippen LogP contribution in [0.5, 0.6) is 0 Å². The van der Waals surface area contributed by atoms with Crippen LogP contribution in [0.15, 0.2) is 0 Å². The maximum atomic E-state index is 11.9. The second-order valence-electron chi connectivity index (χ2n) is 4.53. The van der Waals surface area contributed by atoms with Crippen molar-refractivity contribution in [3.05, 3.63) is 0 Å². The van der Waals surface area contributed by atoms with Crippen molar-refractivity contribution in [2.45, 2.75) is 19.4 Å². The molecule has 1 heterocycles. The minimum absolute atomic E-state index is 0.0978. The van der Waals surface area contributed by atoms with Gasteiger partial charge in [0.15, 0.2) is 0 Å². The third-order valence-corrected chi connectivity index (χ3v) is 5.04. The standard InChI is InChI=1S/C10H22N4O3S/c1-4-9(11)10(15)13-5-7-14(8-6-13)18(16,17)12(2)3/h9H,4-8,11H2,1-3H3/t9-/m1/s1. The molecule has 1 aliphatic heterocycles. The maximum absolute atomic E-state index is 11.9. The van der Waals surface area contributed by atoms with E-state index in [-0.39, 0.29) is 5.91 Å². The molecular weight excluding hydrogens is 256 g/mol. The Labute approximate surface area is 109 Å². The summed E-state index contributed by atoms with van der Waals surface area (Å²) in [4.78, 5) is 13.5. The van der Waals surface area contributed by atoms with Crippen LogP contribution in [0.2, 0.25) is 0 Å². The van der Waals surface area contributed by atoms with Crippen LogP contribution < -0.4 is 5.73 Å². The van der Waals surface area contributed by atoms with Crippen molar-refractivity contribution in [1.82, 2.24) is 13.5 Å². The average molecular weight is 278 g/mol. The molecule has 1 saturated heterocycles. The molecule has 7 nitrogen and oxygen atoms in total. The van der Waals surface area contributed by atoms with Gasteiger partial charge >= 0.3 is 0 Å². The van der Waals surface area contributed by atoms with Gasteiger partial charge in [-0.05, 0) is 6.42 Å². The van der Waals surface area contributed by atoms with Gasteiger partial charge in [-0.25, -0.2) is 0 Å². The van der Waals surface area contributed by atoms with Crippen LogP contribution in [0, 0.1) is 0 Å². The molecule has 0 spiro atoms. The van der Waals surface area contributed by atoms with Crippen LogP contribution in [0.25, 0.3) is 0 Å². The minimum Gasteiger partial charge on any atom is -0.339 e. The second-order valence-corrected chi connectivity index (χ2v) is 6.67. The highest BCUT2D eigenvalue weighted by Crippen LogP contribution is 2.10. The van der Waals surface area contributed by atoms with Gasteiger partial charge in [0.05, 0.1) is 6.04 Å². The lowest BCUT2D eigenvalue weighted by molar-refractivity contribution is -0.133. The highest BCUT2D eigenvalue weighted by Gasteiger charge is 2.31. The molecule has 1 atom stereocenters. The van der Waals surface area contributed by atoms with Crippen molar-refractivity contribution in [2.24, 2.45) is 5.73 Å². The Kier molecular flexibility index (Phi) is 5.09. The molecule has 18 heavy (non-hydrogen) atoms. The monoisotopic (exact) mass is 278 g/mol. The molecule has 0 aliphatic carbocycles. The van der Waals surface area contributed by atoms with Gasteiger partial charge in [0.25, 0.3) is 10.2 Å². The van der Waals surface area contributed by atoms with Crippen LogP contribution in [0.4, 0.5) is 0 Å². The number of carbonyl (C=O) groups is 1. The Morgan fingerprint density at radius 3 is 2.17 bits per heavy atom. The summed E-state index contributed by atoms with van der Waals surface area (Å²) in [5.74, 6) is -0.0978. The Hall–Kier alpha value is -0.700. The highest BCUT2D eigenvalue weighted by molar-refractivity contribution is 7.86. The molecule has 0 saturated carbocycles. The Morgan fingerprint density at radius 2 is 1.78 bits per heavy atom. The number of hydrogen-bond acceptors (Lipinski definition) is 4. The smallest absolute Gasteiger partial charge is 0.281 e. The normalized spacial score (nSPS) is 20.2. The molecule has 1 aliphatic rings. The average Bonchev–Trinajstić information content (AvgIpc) is 2.36. The lowest BCUT2D eigenvalue weighted by Gasteiger charge is -2.36. The third kappa shape index (κ3) is 3.19. The number of amides is 1. The van der Waals surface area contributed by atoms with Crippen LogP contribution in [0.1, 0.15) is 13.3 Å². The van der Waals surface area contributed by atoms with Gasteiger partial charge in [-0.15, -0.1) is 0 Å². The summed E-state index contributed by atoms with van der Waals surface area (Å²) in [7, 11) is -0.378. The van der Waals surface area contributed by atoms with Crippen molar-refractivity contribution in [2.75, 3.05) is 40.3 Å². The van der Waals surface area contributed by atoms with Crippen molar-refractivity contribution in [3.8, 4) is 0 Å². The zero-order chi connectivity index (χ0) is 13.9. The van der Waals surface area contributed by atoms with E-state index >= 15 is 0 Å². The summed E-state index contributed by atoms with van der Waals surface area (Å²) >= 11 is 0. The number of nitrogens with zero attached hydrogens (tertiary/aromatic N) is 3. The van der Waals surface area contributed by atoms with Crippen LogP contribution in [-0.2, 0) is 15.0 Å². The Morgan fingerprint density at radius 1 is 1.28 bits per heavy atom. The molecular formula is C10H22N4O3S. The first kappa shape index (κ1) is 15.4. The fraction of sp³-hybridized carbons (Fsp3) is 0.900. The van der Waals surface area contributed by atoms with E-state index in [1.54, 1.807) is 4.90 Å². The lowest BCUT2D eigenvalue weighted by Crippen LogP contribution is -2.55. The van der Waals surface area contributed by atoms with E-state index in [0.29, 0.717) is 32.6 Å². The van der Waals surface area contributed by atoms with Gasteiger partial charge in [-0.2, -0.15) is 17.0 Å². The number of hydrogen-bond donors (Lipinski definition) is 1. The SMILES string of the molecule is CC[C@@H](N)C(=O)N1CCN(S(=O)(=O)N(C)C)CC1. The molecule has 106 valence electrons. The first-order valence-corrected chi connectivity index (χ1v) is 7.42. The molecule has 0 aromatic carbocycles. The largest absolute Gasteiger partial charge is 0.339 e. The van der Waals surface area contributed by atoms with E-state index in [2.05, 4.69) is 0 Å². The predicted octanol–water partition coefficient (Wildman–Crippen LogP) is -1.33. The van der Waals surface area contributed by atoms with Gasteiger partial charge in [-0.3, -0.25) is 4.79 Å². The first-order chi connectivity index (χ1) is 8.30. The van der Waals surface area contributed by atoms with Gasteiger partial charge in [0.2, 0.25) is 5.91 Å². The van der Waals surface area contributed by atoms with Crippen molar-refractivity contribution >= 4 is 16.1 Å². The molecule has 0 unspecified atom stereocenters. The van der Waals surface area contributed by atoms with Crippen molar-refractivity contribution in [3.63, 3.8) is 0 Å². The zero-order valence-electron chi connectivity index (χ0n) is 11.2. The zero-order valence-corrected chi connectivity index (χ0v) is 12.0. The molecule has 0 aromatic rings. The number of rotatable bonds is 4. The molecule has 1 fully saturated rings. The van der Waals surface area contributed by atoms with Crippen LogP contribution in [-0.4, -0.2) is 74.2 Å². The summed E-state index contributed by atoms with van der Waals surface area (Å²) in [6, 6.07) is -0.484. The Balaban J connectivity index is 2.59. The molecule has 0 radical (unpaired) electrons. The van der Waals surface area contributed by atoms with Gasteiger partial charge in [0.1, 0.15) is 0 Å². The fourth-order valence-corrected chi connectivity index (χ4v) is 2.87. The first-order valence-electron chi connectivity index (χ1n) is 6.02. The summed E-state index contributed by atoms with van der Waals surface area (Å²) in [5.41, 5.74) is 5.68. The second kappa shape index (κ2) is 5.96. The van der Waals surface area contributed by atoms with E-state index in [1.165, 1.54) is 22.7 Å². The lowest BCUT2D eigenvalue weighted by atomic mass is 10.2. The molecule has 8 heteroatoms. The van der Waals surface area contributed by atoms with Gasteiger partial charge < -0.3 is 10.6 Å². The van der Waals surface area contributed by atoms with E-state index < -0.39 is 16.3 Å². The fourth-order valence-electron chi connectivity index (χ4n) is 1.78. The summed E-state index contributed by atoms with van der Waals surface area (Å²) in [6.45, 7) is 3.31. The number of carbonyl (C=O) groups excluding carboxylic acids is 1. The molecule has 2 N–H and O–H groups in total. The van der Waals surface area contributed by atoms with Crippen molar-refractivity contribution in [1.29, 1.82) is 0 Å².